The van der Waals surface area contributed by atoms with Gasteiger partial charge in [-0.1, -0.05) is 12.1 Å². The summed E-state index contributed by atoms with van der Waals surface area (Å²) in [6, 6.07) is 7.39. The minimum Gasteiger partial charge on any atom is -0.328 e. The first-order valence-corrected chi connectivity index (χ1v) is 5.34. The predicted octanol–water partition coefficient (Wildman–Crippen LogP) is 2.07. The number of aromatic nitrogens is 1. The molecule has 2 aromatic rings. The Balaban J connectivity index is 2.34. The maximum absolute atomic E-state index is 13.4. The summed E-state index contributed by atoms with van der Waals surface area (Å²) in [4.78, 5) is 25.9. The summed E-state index contributed by atoms with van der Waals surface area (Å²) >= 11 is 0. The number of aryl methyl sites for hydroxylation is 1. The second kappa shape index (κ2) is 4.83. The lowest BCUT2D eigenvalue weighted by Gasteiger charge is -2.07. The van der Waals surface area contributed by atoms with Crippen LogP contribution in [0.25, 0.3) is 0 Å². The number of benzene rings is 1. The number of hydrogen-bond acceptors (Lipinski definition) is 2. The summed E-state index contributed by atoms with van der Waals surface area (Å²) in [5.41, 5.74) is 0.0716. The topological polar surface area (TPSA) is 62.0 Å². The number of rotatable bonds is 2. The zero-order chi connectivity index (χ0) is 13.1. The van der Waals surface area contributed by atoms with Crippen molar-refractivity contribution in [3.63, 3.8) is 0 Å². The van der Waals surface area contributed by atoms with E-state index >= 15 is 0 Å². The molecule has 0 radical (unpaired) electrons. The van der Waals surface area contributed by atoms with E-state index in [4.69, 9.17) is 0 Å². The lowest BCUT2D eigenvalue weighted by molar-refractivity contribution is 0.102. The lowest BCUT2D eigenvalue weighted by Crippen LogP contribution is -2.24. The number of pyridine rings is 1. The number of carbonyl (C=O) groups is 1. The number of H-pyrrole nitrogens is 1. The highest BCUT2D eigenvalue weighted by Gasteiger charge is 2.14. The molecule has 0 aliphatic heterocycles. The number of nitrogens with one attached hydrogen (secondary N) is 2. The van der Waals surface area contributed by atoms with E-state index in [1.54, 1.807) is 19.1 Å². The third kappa shape index (κ3) is 2.29. The molecule has 1 aromatic carbocycles. The van der Waals surface area contributed by atoms with Gasteiger partial charge in [-0.3, -0.25) is 9.59 Å². The molecule has 0 fully saturated rings. The third-order valence-corrected chi connectivity index (χ3v) is 2.52. The van der Waals surface area contributed by atoms with Gasteiger partial charge in [0.1, 0.15) is 11.4 Å². The quantitative estimate of drug-likeness (QED) is 0.852. The minimum atomic E-state index is -0.626. The van der Waals surface area contributed by atoms with Gasteiger partial charge < -0.3 is 10.3 Å². The first-order valence-electron chi connectivity index (χ1n) is 5.34. The van der Waals surface area contributed by atoms with Gasteiger partial charge in [0, 0.05) is 6.20 Å². The van der Waals surface area contributed by atoms with Crippen LogP contribution < -0.4 is 10.9 Å². The summed E-state index contributed by atoms with van der Waals surface area (Å²) in [5.74, 6) is -1.17. The second-order valence-electron chi connectivity index (χ2n) is 3.80. The highest BCUT2D eigenvalue weighted by atomic mass is 19.1. The van der Waals surface area contributed by atoms with Crippen molar-refractivity contribution in [1.29, 1.82) is 0 Å². The van der Waals surface area contributed by atoms with Crippen LogP contribution in [0.3, 0.4) is 0 Å². The fraction of sp³-hybridized carbons (Fsp3) is 0.0769. The zero-order valence-electron chi connectivity index (χ0n) is 9.66. The van der Waals surface area contributed by atoms with Crippen LogP contribution in [0.5, 0.6) is 0 Å². The molecule has 0 aliphatic carbocycles. The average molecular weight is 246 g/mol. The van der Waals surface area contributed by atoms with E-state index < -0.39 is 17.3 Å². The number of halogens is 1. The van der Waals surface area contributed by atoms with E-state index in [-0.39, 0.29) is 11.3 Å². The molecular weight excluding hydrogens is 235 g/mol. The van der Waals surface area contributed by atoms with Crippen molar-refractivity contribution in [2.75, 3.05) is 5.32 Å². The summed E-state index contributed by atoms with van der Waals surface area (Å²) in [5, 5.41) is 2.37. The van der Waals surface area contributed by atoms with Crippen LogP contribution in [0.15, 0.2) is 41.3 Å². The molecule has 2 N–H and O–H groups in total. The smallest absolute Gasteiger partial charge is 0.261 e. The Labute approximate surface area is 102 Å². The van der Waals surface area contributed by atoms with Crippen LogP contribution in [-0.4, -0.2) is 10.9 Å². The Morgan fingerprint density at radius 1 is 1.28 bits per heavy atom. The number of anilines is 1. The Hall–Kier alpha value is -2.43. The molecule has 5 heteroatoms. The van der Waals surface area contributed by atoms with Gasteiger partial charge in [-0.25, -0.2) is 4.39 Å². The molecule has 0 saturated carbocycles. The zero-order valence-corrected chi connectivity index (χ0v) is 9.66. The minimum absolute atomic E-state index is 0.0132. The van der Waals surface area contributed by atoms with Crippen molar-refractivity contribution in [1.82, 2.24) is 4.98 Å². The highest BCUT2D eigenvalue weighted by molar-refractivity contribution is 6.05. The van der Waals surface area contributed by atoms with Gasteiger partial charge in [0.05, 0.1) is 5.69 Å². The van der Waals surface area contributed by atoms with Crippen molar-refractivity contribution < 1.29 is 9.18 Å². The Bertz CT molecular complexity index is 649. The van der Waals surface area contributed by atoms with Gasteiger partial charge in [-0.15, -0.1) is 0 Å². The van der Waals surface area contributed by atoms with Crippen LogP contribution in [0.2, 0.25) is 0 Å². The predicted molar refractivity (Wildman–Crippen MR) is 66.2 cm³/mol. The van der Waals surface area contributed by atoms with E-state index in [9.17, 15) is 14.0 Å². The summed E-state index contributed by atoms with van der Waals surface area (Å²) in [6.07, 6.45) is 1.46. The summed E-state index contributed by atoms with van der Waals surface area (Å²) in [7, 11) is 0. The molecule has 0 aliphatic rings. The Morgan fingerprint density at radius 2 is 2.00 bits per heavy atom. The summed E-state index contributed by atoms with van der Waals surface area (Å²) < 4.78 is 13.4. The maximum atomic E-state index is 13.4. The number of amides is 1. The first-order chi connectivity index (χ1) is 8.59. The van der Waals surface area contributed by atoms with Gasteiger partial charge in [-0.2, -0.15) is 0 Å². The lowest BCUT2D eigenvalue weighted by atomic mass is 10.1. The third-order valence-electron chi connectivity index (χ3n) is 2.52. The van der Waals surface area contributed by atoms with E-state index in [0.29, 0.717) is 5.56 Å². The van der Waals surface area contributed by atoms with E-state index in [1.807, 2.05) is 0 Å². The Morgan fingerprint density at radius 3 is 2.67 bits per heavy atom. The average Bonchev–Trinajstić information content (AvgIpc) is 2.32. The Kier molecular flexibility index (Phi) is 3.23. The van der Waals surface area contributed by atoms with Crippen molar-refractivity contribution in [3.8, 4) is 0 Å². The molecule has 0 saturated heterocycles. The molecule has 2 rings (SSSR count). The van der Waals surface area contributed by atoms with E-state index in [1.165, 1.54) is 24.4 Å². The molecule has 0 atom stereocenters. The summed E-state index contributed by atoms with van der Waals surface area (Å²) in [6.45, 7) is 1.64. The van der Waals surface area contributed by atoms with Crippen LogP contribution >= 0.6 is 0 Å². The van der Waals surface area contributed by atoms with Gasteiger partial charge in [0.15, 0.2) is 0 Å². The van der Waals surface area contributed by atoms with Crippen molar-refractivity contribution in [2.24, 2.45) is 0 Å². The monoisotopic (exact) mass is 246 g/mol. The second-order valence-corrected chi connectivity index (χ2v) is 3.80. The molecule has 92 valence electrons. The van der Waals surface area contributed by atoms with Crippen molar-refractivity contribution in [3.05, 3.63) is 63.8 Å². The van der Waals surface area contributed by atoms with E-state index in [2.05, 4.69) is 10.3 Å². The van der Waals surface area contributed by atoms with Gasteiger partial charge in [0.25, 0.3) is 11.5 Å². The molecule has 1 aromatic heterocycles. The molecule has 4 nitrogen and oxygen atoms in total. The first kappa shape index (κ1) is 12.0. The molecule has 1 amide bonds. The number of hydrogen-bond donors (Lipinski definition) is 2. The molecule has 1 heterocycles. The largest absolute Gasteiger partial charge is 0.328 e. The molecule has 0 bridgehead atoms. The molecule has 18 heavy (non-hydrogen) atoms. The molecular formula is C13H11FN2O2. The maximum Gasteiger partial charge on any atom is 0.261 e. The van der Waals surface area contributed by atoms with Crippen molar-refractivity contribution >= 4 is 11.6 Å². The van der Waals surface area contributed by atoms with Crippen LogP contribution in [0.1, 0.15) is 15.9 Å². The molecule has 0 spiro atoms. The van der Waals surface area contributed by atoms with Crippen LogP contribution in [-0.2, 0) is 0 Å². The number of aromatic amines is 1. The fourth-order valence-corrected chi connectivity index (χ4v) is 1.61. The SMILES string of the molecule is Cc1cc[nH]c(=O)c1C(=O)Nc1ccccc1F. The van der Waals surface area contributed by atoms with Crippen molar-refractivity contribution in [2.45, 2.75) is 6.92 Å². The van der Waals surface area contributed by atoms with E-state index in [0.717, 1.165) is 0 Å². The molecule has 0 unspecified atom stereocenters. The normalized spacial score (nSPS) is 10.1. The van der Waals surface area contributed by atoms with Crippen LogP contribution in [0, 0.1) is 12.7 Å². The standard InChI is InChI=1S/C13H11FN2O2/c1-8-6-7-15-12(17)11(8)13(18)16-10-5-3-2-4-9(10)14/h2-7H,1H3,(H,15,17)(H,16,18). The van der Waals surface area contributed by atoms with Gasteiger partial charge >= 0.3 is 0 Å². The fourth-order valence-electron chi connectivity index (χ4n) is 1.61. The van der Waals surface area contributed by atoms with Gasteiger partial charge in [0.2, 0.25) is 0 Å². The number of para-hydroxylation sites is 1. The van der Waals surface area contributed by atoms with Crippen LogP contribution in [0.4, 0.5) is 10.1 Å². The number of carbonyl (C=O) groups excluding carboxylic acids is 1. The van der Waals surface area contributed by atoms with Gasteiger partial charge in [-0.05, 0) is 30.7 Å². The highest BCUT2D eigenvalue weighted by Crippen LogP contribution is 2.13.